The third-order valence-corrected chi connectivity index (χ3v) is 5.64. The maximum Gasteiger partial charge on any atom is 0.167 e. The van der Waals surface area contributed by atoms with E-state index < -0.39 is 0 Å². The van der Waals surface area contributed by atoms with Crippen LogP contribution in [0, 0.1) is 5.41 Å². The first-order valence-corrected chi connectivity index (χ1v) is 9.91. The Balaban J connectivity index is 1.77. The van der Waals surface area contributed by atoms with E-state index in [4.69, 9.17) is 0 Å². The minimum Gasteiger partial charge on any atom is -0.396 e. The monoisotopic (exact) mass is 377 g/mol. The molecule has 1 aliphatic heterocycles. The van der Waals surface area contributed by atoms with Gasteiger partial charge in [-0.3, -0.25) is 4.79 Å². The summed E-state index contributed by atoms with van der Waals surface area (Å²) in [5.41, 5.74) is 5.55. The van der Waals surface area contributed by atoms with E-state index in [2.05, 4.69) is 28.6 Å². The van der Waals surface area contributed by atoms with E-state index in [0.29, 0.717) is 6.42 Å². The Morgan fingerprint density at radius 2 is 2.04 bits per heavy atom. The number of nitrogens with one attached hydrogen (secondary N) is 3. The first-order chi connectivity index (χ1) is 13.6. The van der Waals surface area contributed by atoms with Crippen molar-refractivity contribution in [3.8, 4) is 0 Å². The second-order valence-corrected chi connectivity index (χ2v) is 8.04. The van der Waals surface area contributed by atoms with Crippen molar-refractivity contribution in [3.05, 3.63) is 65.6 Å². The van der Waals surface area contributed by atoms with E-state index in [1.807, 2.05) is 42.6 Å². The first-order valence-electron chi connectivity index (χ1n) is 9.91. The van der Waals surface area contributed by atoms with Gasteiger partial charge in [0.05, 0.1) is 16.9 Å². The highest BCUT2D eigenvalue weighted by Crippen LogP contribution is 2.44. The number of carbonyl (C=O) groups excluding carboxylic acids is 1. The maximum absolute atomic E-state index is 13.2. The lowest BCUT2D eigenvalue weighted by Crippen LogP contribution is -2.30. The predicted octanol–water partition coefficient (Wildman–Crippen LogP) is 4.17. The van der Waals surface area contributed by atoms with Crippen LogP contribution >= 0.6 is 0 Å². The Kier molecular flexibility index (Phi) is 5.09. The number of dihydropyridines is 1. The molecule has 2 heterocycles. The molecule has 1 aromatic carbocycles. The number of aliphatic hydroxyl groups excluding tert-OH is 1. The molecule has 1 aromatic heterocycles. The van der Waals surface area contributed by atoms with Crippen LogP contribution in [0.3, 0.4) is 0 Å². The van der Waals surface area contributed by atoms with Crippen LogP contribution in [-0.4, -0.2) is 29.0 Å². The van der Waals surface area contributed by atoms with Gasteiger partial charge < -0.3 is 20.7 Å². The number of Topliss-reactive ketones (excluding diaryl/α,β-unsaturated/α-hetero) is 1. The van der Waals surface area contributed by atoms with Gasteiger partial charge in [0.15, 0.2) is 5.78 Å². The lowest BCUT2D eigenvalue weighted by Gasteiger charge is -2.32. The number of aromatic nitrogens is 1. The normalized spacial score (nSPS) is 21.1. The second kappa shape index (κ2) is 7.68. The molecule has 0 saturated heterocycles. The maximum atomic E-state index is 13.2. The number of H-pyrrole nitrogens is 1. The number of ketones is 1. The van der Waals surface area contributed by atoms with Crippen molar-refractivity contribution >= 4 is 22.7 Å². The van der Waals surface area contributed by atoms with Gasteiger partial charge in [-0.1, -0.05) is 31.2 Å². The molecular weight excluding hydrogens is 350 g/mol. The van der Waals surface area contributed by atoms with Crippen LogP contribution in [0.1, 0.15) is 47.9 Å². The fourth-order valence-corrected chi connectivity index (χ4v) is 4.29. The molecule has 146 valence electrons. The summed E-state index contributed by atoms with van der Waals surface area (Å²) in [5.74, 6) is 0.168. The highest BCUT2D eigenvalue weighted by molar-refractivity contribution is 6.07. The topological polar surface area (TPSA) is 77.1 Å². The van der Waals surface area contributed by atoms with Crippen molar-refractivity contribution in [3.63, 3.8) is 0 Å². The standard InChI is InChI=1S/C23H27N3O2/c1-23(10-5-13-27)14-18-20(19(28)15-23)22(25-17-6-3-2-4-7-17)21(26-18)16-8-11-24-12-9-16/h2-4,6-9,11,24-27H,5,10,12-15H2,1H3. The van der Waals surface area contributed by atoms with Crippen LogP contribution in [0.25, 0.3) is 5.57 Å². The number of carbonyl (C=O) groups is 1. The number of anilines is 2. The Bertz CT molecular complexity index is 927. The third-order valence-electron chi connectivity index (χ3n) is 5.64. The molecule has 5 nitrogen and oxygen atoms in total. The van der Waals surface area contributed by atoms with E-state index in [1.165, 1.54) is 0 Å². The van der Waals surface area contributed by atoms with Crippen LogP contribution in [-0.2, 0) is 6.42 Å². The number of rotatable bonds is 6. The highest BCUT2D eigenvalue weighted by Gasteiger charge is 2.38. The van der Waals surface area contributed by atoms with Gasteiger partial charge in [-0.15, -0.1) is 0 Å². The van der Waals surface area contributed by atoms with E-state index in [-0.39, 0.29) is 17.8 Å². The van der Waals surface area contributed by atoms with Gasteiger partial charge in [-0.2, -0.15) is 0 Å². The average molecular weight is 377 g/mol. The molecule has 2 aliphatic rings. The van der Waals surface area contributed by atoms with Crippen molar-refractivity contribution in [1.29, 1.82) is 0 Å². The van der Waals surface area contributed by atoms with Crippen LogP contribution in [0.4, 0.5) is 11.4 Å². The zero-order valence-electron chi connectivity index (χ0n) is 16.2. The largest absolute Gasteiger partial charge is 0.396 e. The summed E-state index contributed by atoms with van der Waals surface area (Å²) in [6.07, 6.45) is 8.99. The summed E-state index contributed by atoms with van der Waals surface area (Å²) in [4.78, 5) is 16.8. The number of allylic oxidation sites excluding steroid dienone is 2. The van der Waals surface area contributed by atoms with Crippen LogP contribution in [0.15, 0.2) is 48.7 Å². The van der Waals surface area contributed by atoms with Gasteiger partial charge in [-0.25, -0.2) is 0 Å². The number of benzene rings is 1. The zero-order valence-corrected chi connectivity index (χ0v) is 16.2. The molecule has 2 aromatic rings. The molecule has 0 fully saturated rings. The molecule has 1 unspecified atom stereocenters. The molecule has 5 heteroatoms. The summed E-state index contributed by atoms with van der Waals surface area (Å²) in [5, 5.41) is 15.9. The van der Waals surface area contributed by atoms with E-state index in [9.17, 15) is 9.90 Å². The smallest absolute Gasteiger partial charge is 0.167 e. The minimum absolute atomic E-state index is 0.114. The molecule has 28 heavy (non-hydrogen) atoms. The fourth-order valence-electron chi connectivity index (χ4n) is 4.29. The molecular formula is C23H27N3O2. The average Bonchev–Trinajstić information content (AvgIpc) is 3.06. The molecule has 0 spiro atoms. The molecule has 0 bridgehead atoms. The number of hydrogen-bond donors (Lipinski definition) is 4. The molecule has 0 amide bonds. The molecule has 1 atom stereocenters. The number of fused-ring (bicyclic) bond motifs is 1. The van der Waals surface area contributed by atoms with Gasteiger partial charge in [0.1, 0.15) is 0 Å². The lowest BCUT2D eigenvalue weighted by molar-refractivity contribution is 0.0881. The van der Waals surface area contributed by atoms with E-state index >= 15 is 0 Å². The Labute approximate surface area is 165 Å². The van der Waals surface area contributed by atoms with Crippen LogP contribution in [0.5, 0.6) is 0 Å². The Hall–Kier alpha value is -2.79. The number of aliphatic hydroxyl groups is 1. The van der Waals surface area contributed by atoms with Crippen molar-refractivity contribution in [2.45, 2.75) is 32.6 Å². The summed E-state index contributed by atoms with van der Waals surface area (Å²) in [6, 6.07) is 9.97. The summed E-state index contributed by atoms with van der Waals surface area (Å²) in [7, 11) is 0. The summed E-state index contributed by atoms with van der Waals surface area (Å²) >= 11 is 0. The zero-order chi connectivity index (χ0) is 19.6. The van der Waals surface area contributed by atoms with Crippen molar-refractivity contribution in [2.75, 3.05) is 18.5 Å². The van der Waals surface area contributed by atoms with Crippen molar-refractivity contribution in [1.82, 2.24) is 10.3 Å². The predicted molar refractivity (Wildman–Crippen MR) is 113 cm³/mol. The SMILES string of the molecule is CC1(CCCO)CC(=O)c2c([nH]c(C3=CCNC=C3)c2Nc2ccccc2)C1. The molecule has 1 aliphatic carbocycles. The van der Waals surface area contributed by atoms with Crippen LogP contribution in [0.2, 0.25) is 0 Å². The van der Waals surface area contributed by atoms with Gasteiger partial charge in [0, 0.05) is 31.0 Å². The van der Waals surface area contributed by atoms with E-state index in [1.54, 1.807) is 0 Å². The third kappa shape index (κ3) is 3.62. The van der Waals surface area contributed by atoms with Gasteiger partial charge in [0.2, 0.25) is 0 Å². The Morgan fingerprint density at radius 1 is 1.21 bits per heavy atom. The first kappa shape index (κ1) is 18.6. The molecule has 0 saturated carbocycles. The van der Waals surface area contributed by atoms with Gasteiger partial charge >= 0.3 is 0 Å². The fraction of sp³-hybridized carbons (Fsp3) is 0.348. The number of aromatic amines is 1. The van der Waals surface area contributed by atoms with E-state index in [0.717, 1.165) is 59.7 Å². The molecule has 4 N–H and O–H groups in total. The highest BCUT2D eigenvalue weighted by atomic mass is 16.2. The number of hydrogen-bond acceptors (Lipinski definition) is 4. The lowest BCUT2D eigenvalue weighted by atomic mass is 9.71. The van der Waals surface area contributed by atoms with Crippen LogP contribution < -0.4 is 10.6 Å². The summed E-state index contributed by atoms with van der Waals surface area (Å²) < 4.78 is 0. The van der Waals surface area contributed by atoms with Crippen molar-refractivity contribution < 1.29 is 9.90 Å². The van der Waals surface area contributed by atoms with Crippen molar-refractivity contribution in [2.24, 2.45) is 5.41 Å². The van der Waals surface area contributed by atoms with Gasteiger partial charge in [-0.05, 0) is 54.7 Å². The quantitative estimate of drug-likeness (QED) is 0.609. The Morgan fingerprint density at radius 3 is 2.75 bits per heavy atom. The number of para-hydroxylation sites is 1. The minimum atomic E-state index is -0.114. The molecule has 0 radical (unpaired) electrons. The summed E-state index contributed by atoms with van der Waals surface area (Å²) in [6.45, 7) is 3.08. The van der Waals surface area contributed by atoms with Gasteiger partial charge in [0.25, 0.3) is 0 Å². The molecule has 4 rings (SSSR count). The second-order valence-electron chi connectivity index (χ2n) is 8.04.